The van der Waals surface area contributed by atoms with Crippen molar-refractivity contribution in [1.82, 2.24) is 4.90 Å². The van der Waals surface area contributed by atoms with Crippen molar-refractivity contribution in [3.63, 3.8) is 0 Å². The lowest BCUT2D eigenvalue weighted by molar-refractivity contribution is -0.143. The Labute approximate surface area is 93.0 Å². The van der Waals surface area contributed by atoms with Crippen LogP contribution in [0.4, 0.5) is 0 Å². The van der Waals surface area contributed by atoms with Gasteiger partial charge in [-0.15, -0.1) is 0 Å². The van der Waals surface area contributed by atoms with Crippen LogP contribution < -0.4 is 5.73 Å². The van der Waals surface area contributed by atoms with Gasteiger partial charge in [0.15, 0.2) is 0 Å². The van der Waals surface area contributed by atoms with Crippen LogP contribution in [0.1, 0.15) is 40.5 Å². The highest BCUT2D eigenvalue weighted by atomic mass is 16.2. The minimum Gasteiger partial charge on any atom is -0.342 e. The molecule has 0 aromatic carbocycles. The Morgan fingerprint density at radius 3 is 2.53 bits per heavy atom. The van der Waals surface area contributed by atoms with E-state index in [1.807, 2.05) is 18.7 Å². The van der Waals surface area contributed by atoms with Gasteiger partial charge in [-0.25, -0.2) is 0 Å². The smallest absolute Gasteiger partial charge is 0.229 e. The number of rotatable bonds is 2. The molecule has 1 heterocycles. The van der Waals surface area contributed by atoms with Crippen molar-refractivity contribution in [3.8, 4) is 0 Å². The largest absolute Gasteiger partial charge is 0.342 e. The molecule has 0 radical (unpaired) electrons. The fraction of sp³-hybridized carbons (Fsp3) is 0.917. The van der Waals surface area contributed by atoms with E-state index in [0.717, 1.165) is 19.5 Å². The Bertz CT molecular complexity index is 246. The van der Waals surface area contributed by atoms with Gasteiger partial charge >= 0.3 is 0 Å². The summed E-state index contributed by atoms with van der Waals surface area (Å²) in [6.45, 7) is 10.5. The topological polar surface area (TPSA) is 46.3 Å². The highest BCUT2D eigenvalue weighted by Crippen LogP contribution is 2.30. The molecule has 1 amide bonds. The third-order valence-corrected chi connectivity index (χ3v) is 3.28. The Morgan fingerprint density at radius 1 is 1.47 bits per heavy atom. The molecule has 0 aromatic rings. The molecule has 3 nitrogen and oxygen atoms in total. The van der Waals surface area contributed by atoms with Crippen molar-refractivity contribution in [3.05, 3.63) is 0 Å². The van der Waals surface area contributed by atoms with E-state index < -0.39 is 5.41 Å². The quantitative estimate of drug-likeness (QED) is 0.756. The summed E-state index contributed by atoms with van der Waals surface area (Å²) in [6.07, 6.45) is 2.32. The van der Waals surface area contributed by atoms with Crippen molar-refractivity contribution in [2.24, 2.45) is 16.6 Å². The van der Waals surface area contributed by atoms with Gasteiger partial charge in [0.25, 0.3) is 0 Å². The van der Waals surface area contributed by atoms with E-state index in [0.29, 0.717) is 6.54 Å². The van der Waals surface area contributed by atoms with E-state index in [-0.39, 0.29) is 11.3 Å². The van der Waals surface area contributed by atoms with Gasteiger partial charge in [-0.05, 0) is 32.1 Å². The molecule has 0 aromatic heterocycles. The fourth-order valence-corrected chi connectivity index (χ4v) is 2.11. The summed E-state index contributed by atoms with van der Waals surface area (Å²) in [5.41, 5.74) is 5.49. The van der Waals surface area contributed by atoms with Crippen molar-refractivity contribution in [2.45, 2.75) is 40.5 Å². The summed E-state index contributed by atoms with van der Waals surface area (Å²) in [6, 6.07) is 0. The van der Waals surface area contributed by atoms with Gasteiger partial charge in [0.2, 0.25) is 5.91 Å². The van der Waals surface area contributed by atoms with E-state index in [2.05, 4.69) is 13.8 Å². The number of hydrogen-bond acceptors (Lipinski definition) is 2. The molecular formula is C12H24N2O. The monoisotopic (exact) mass is 212 g/mol. The first-order valence-electron chi connectivity index (χ1n) is 5.78. The van der Waals surface area contributed by atoms with Crippen LogP contribution >= 0.6 is 0 Å². The zero-order valence-corrected chi connectivity index (χ0v) is 10.5. The third-order valence-electron chi connectivity index (χ3n) is 3.28. The average molecular weight is 212 g/mol. The van der Waals surface area contributed by atoms with Crippen molar-refractivity contribution >= 4 is 5.91 Å². The van der Waals surface area contributed by atoms with Crippen LogP contribution in [0.25, 0.3) is 0 Å². The number of nitrogens with two attached hydrogens (primary N) is 1. The van der Waals surface area contributed by atoms with Crippen LogP contribution in [-0.4, -0.2) is 30.4 Å². The first-order valence-corrected chi connectivity index (χ1v) is 5.78. The molecule has 0 unspecified atom stereocenters. The van der Waals surface area contributed by atoms with Gasteiger partial charge in [0, 0.05) is 19.6 Å². The molecule has 15 heavy (non-hydrogen) atoms. The number of likely N-dealkylation sites (tertiary alicyclic amines) is 1. The second kappa shape index (κ2) is 4.12. The lowest BCUT2D eigenvalue weighted by Gasteiger charge is -2.41. The summed E-state index contributed by atoms with van der Waals surface area (Å²) in [5.74, 6) is 0.206. The summed E-state index contributed by atoms with van der Waals surface area (Å²) < 4.78 is 0. The maximum absolute atomic E-state index is 12.2. The Hall–Kier alpha value is -0.570. The van der Waals surface area contributed by atoms with E-state index in [1.54, 1.807) is 0 Å². The first kappa shape index (κ1) is 12.5. The van der Waals surface area contributed by atoms with E-state index in [9.17, 15) is 4.79 Å². The summed E-state index contributed by atoms with van der Waals surface area (Å²) in [4.78, 5) is 14.2. The molecule has 88 valence electrons. The predicted molar refractivity (Wildman–Crippen MR) is 62.4 cm³/mol. The second-order valence-corrected chi connectivity index (χ2v) is 6.08. The maximum Gasteiger partial charge on any atom is 0.229 e. The highest BCUT2D eigenvalue weighted by Gasteiger charge is 2.35. The predicted octanol–water partition coefficient (Wildman–Crippen LogP) is 1.62. The standard InChI is InChI=1S/C12H24N2O/c1-11(2)6-5-7-14(9-11)10(15)12(3,4)8-13/h5-9,13H2,1-4H3. The number of piperidine rings is 1. The Balaban J connectivity index is 2.68. The Morgan fingerprint density at radius 2 is 2.07 bits per heavy atom. The lowest BCUT2D eigenvalue weighted by atomic mass is 9.82. The molecule has 1 rings (SSSR count). The molecule has 1 aliphatic heterocycles. The number of carbonyl (C=O) groups excluding carboxylic acids is 1. The molecule has 0 atom stereocenters. The number of carbonyl (C=O) groups is 1. The van der Waals surface area contributed by atoms with E-state index in [1.165, 1.54) is 6.42 Å². The van der Waals surface area contributed by atoms with Gasteiger partial charge in [-0.2, -0.15) is 0 Å². The van der Waals surface area contributed by atoms with E-state index in [4.69, 9.17) is 5.73 Å². The van der Waals surface area contributed by atoms with Gasteiger partial charge in [-0.3, -0.25) is 4.79 Å². The second-order valence-electron chi connectivity index (χ2n) is 6.08. The average Bonchev–Trinajstić information content (AvgIpc) is 2.15. The highest BCUT2D eigenvalue weighted by molar-refractivity contribution is 5.82. The van der Waals surface area contributed by atoms with Gasteiger partial charge in [0.1, 0.15) is 0 Å². The number of amides is 1. The van der Waals surface area contributed by atoms with Crippen LogP contribution in [0.5, 0.6) is 0 Å². The lowest BCUT2D eigenvalue weighted by Crippen LogP contribution is -2.50. The number of nitrogens with zero attached hydrogens (tertiary/aromatic N) is 1. The molecular weight excluding hydrogens is 188 g/mol. The van der Waals surface area contributed by atoms with Crippen LogP contribution in [0.2, 0.25) is 0 Å². The zero-order valence-electron chi connectivity index (χ0n) is 10.5. The minimum atomic E-state index is -0.409. The van der Waals surface area contributed by atoms with Gasteiger partial charge < -0.3 is 10.6 Å². The van der Waals surface area contributed by atoms with E-state index >= 15 is 0 Å². The molecule has 2 N–H and O–H groups in total. The first-order chi connectivity index (χ1) is 6.78. The summed E-state index contributed by atoms with van der Waals surface area (Å²) >= 11 is 0. The van der Waals surface area contributed by atoms with Crippen LogP contribution in [0, 0.1) is 10.8 Å². The SMILES string of the molecule is CC1(C)CCCN(C(=O)C(C)(C)CN)C1. The molecule has 0 spiro atoms. The normalized spacial score (nSPS) is 21.5. The molecule has 3 heteroatoms. The zero-order chi connectivity index (χ0) is 11.7. The molecule has 0 aliphatic carbocycles. The van der Waals surface area contributed by atoms with Crippen LogP contribution in [0.3, 0.4) is 0 Å². The molecule has 1 aliphatic rings. The summed E-state index contributed by atoms with van der Waals surface area (Å²) in [7, 11) is 0. The van der Waals surface area contributed by atoms with Crippen molar-refractivity contribution in [2.75, 3.05) is 19.6 Å². The molecule has 1 saturated heterocycles. The van der Waals surface area contributed by atoms with Crippen LogP contribution in [-0.2, 0) is 4.79 Å². The third kappa shape index (κ3) is 2.94. The Kier molecular flexibility index (Phi) is 3.44. The summed E-state index contributed by atoms with van der Waals surface area (Å²) in [5, 5.41) is 0. The minimum absolute atomic E-state index is 0.206. The van der Waals surface area contributed by atoms with Crippen molar-refractivity contribution in [1.29, 1.82) is 0 Å². The van der Waals surface area contributed by atoms with Crippen molar-refractivity contribution < 1.29 is 4.79 Å². The molecule has 1 fully saturated rings. The maximum atomic E-state index is 12.2. The fourth-order valence-electron chi connectivity index (χ4n) is 2.11. The number of hydrogen-bond donors (Lipinski definition) is 1. The van der Waals surface area contributed by atoms with Crippen LogP contribution in [0.15, 0.2) is 0 Å². The van der Waals surface area contributed by atoms with Gasteiger partial charge in [-0.1, -0.05) is 13.8 Å². The van der Waals surface area contributed by atoms with Gasteiger partial charge in [0.05, 0.1) is 5.41 Å². The molecule has 0 bridgehead atoms. The molecule has 0 saturated carbocycles.